The first-order chi connectivity index (χ1) is 10.8. The van der Waals surface area contributed by atoms with Crippen LogP contribution in [0.3, 0.4) is 0 Å². The number of nitrogens with zero attached hydrogens (tertiary/aromatic N) is 1. The van der Waals surface area contributed by atoms with E-state index in [4.69, 9.17) is 4.74 Å². The first-order valence-corrected chi connectivity index (χ1v) is 8.16. The highest BCUT2D eigenvalue weighted by Crippen LogP contribution is 2.51. The minimum atomic E-state index is -0.482. The number of likely N-dealkylation sites (tertiary alicyclic amines) is 1. The van der Waals surface area contributed by atoms with Crippen LogP contribution < -0.4 is 0 Å². The number of amides is 1. The third-order valence-electron chi connectivity index (χ3n) is 4.82. The lowest BCUT2D eigenvalue weighted by Gasteiger charge is -2.39. The molecule has 1 spiro atoms. The van der Waals surface area contributed by atoms with Crippen LogP contribution in [0.4, 0.5) is 4.79 Å². The van der Waals surface area contributed by atoms with Gasteiger partial charge in [0, 0.05) is 18.5 Å². The number of hydrogen-bond acceptors (Lipinski definition) is 3. The normalized spacial score (nSPS) is 19.4. The molecule has 1 aliphatic carbocycles. The topological polar surface area (TPSA) is 46.6 Å². The Kier molecular flexibility index (Phi) is 3.81. The van der Waals surface area contributed by atoms with Crippen molar-refractivity contribution >= 4 is 17.6 Å². The van der Waals surface area contributed by atoms with Crippen molar-refractivity contribution < 1.29 is 14.3 Å². The number of rotatable bonds is 0. The molecule has 4 nitrogen and oxygen atoms in total. The molecule has 1 fully saturated rings. The third-order valence-corrected chi connectivity index (χ3v) is 4.82. The van der Waals surface area contributed by atoms with Crippen molar-refractivity contribution in [3.05, 3.63) is 35.4 Å². The van der Waals surface area contributed by atoms with Crippen LogP contribution >= 0.6 is 0 Å². The molecule has 2 aliphatic rings. The van der Waals surface area contributed by atoms with Crippen molar-refractivity contribution in [1.82, 2.24) is 4.90 Å². The Morgan fingerprint density at radius 2 is 1.87 bits per heavy atom. The van der Waals surface area contributed by atoms with E-state index in [1.807, 2.05) is 39.0 Å². The molecule has 0 radical (unpaired) electrons. The fraction of sp³-hybridized carbons (Fsp3) is 0.526. The Labute approximate surface area is 137 Å². The van der Waals surface area contributed by atoms with E-state index in [0.29, 0.717) is 13.1 Å². The number of hydrogen-bond donors (Lipinski definition) is 0. The van der Waals surface area contributed by atoms with Crippen LogP contribution in [0.5, 0.6) is 0 Å². The number of allylic oxidation sites excluding steroid dienone is 1. The van der Waals surface area contributed by atoms with E-state index in [1.165, 1.54) is 5.56 Å². The molecular weight excluding hydrogens is 290 g/mol. The van der Waals surface area contributed by atoms with Gasteiger partial charge in [-0.25, -0.2) is 9.59 Å². The Morgan fingerprint density at radius 1 is 1.22 bits per heavy atom. The van der Waals surface area contributed by atoms with Crippen LogP contribution in [0.2, 0.25) is 0 Å². The molecule has 1 saturated heterocycles. The average molecular weight is 313 g/mol. The van der Waals surface area contributed by atoms with E-state index >= 15 is 0 Å². The van der Waals surface area contributed by atoms with Crippen LogP contribution in [0.25, 0.3) is 5.57 Å². The molecule has 0 unspecified atom stereocenters. The fourth-order valence-electron chi connectivity index (χ4n) is 3.69. The Hall–Kier alpha value is -2.06. The average Bonchev–Trinajstić information content (AvgIpc) is 2.78. The summed E-state index contributed by atoms with van der Waals surface area (Å²) in [6.45, 7) is 6.85. The predicted octanol–water partition coefficient (Wildman–Crippen LogP) is 3.48. The number of piperidine rings is 1. The summed E-state index contributed by atoms with van der Waals surface area (Å²) in [7, 11) is 0. The van der Waals surface area contributed by atoms with Crippen molar-refractivity contribution in [3.63, 3.8) is 0 Å². The summed E-state index contributed by atoms with van der Waals surface area (Å²) in [6, 6.07) is 8.06. The number of ether oxygens (including phenoxy) is 1. The zero-order chi connectivity index (χ0) is 16.7. The van der Waals surface area contributed by atoms with Gasteiger partial charge in [-0.05, 0) is 51.2 Å². The minimum absolute atomic E-state index is 0.163. The highest BCUT2D eigenvalue weighted by molar-refractivity contribution is 5.94. The van der Waals surface area contributed by atoms with Crippen molar-refractivity contribution in [2.75, 3.05) is 13.1 Å². The first kappa shape index (κ1) is 15.8. The van der Waals surface area contributed by atoms with Crippen LogP contribution in [-0.2, 0) is 16.0 Å². The summed E-state index contributed by atoms with van der Waals surface area (Å²) in [6.07, 6.45) is 2.17. The zero-order valence-electron chi connectivity index (χ0n) is 14.0. The quantitative estimate of drug-likeness (QED) is 0.689. The molecule has 1 amide bonds. The maximum Gasteiger partial charge on any atom is 0.410 e. The van der Waals surface area contributed by atoms with Gasteiger partial charge < -0.3 is 9.64 Å². The van der Waals surface area contributed by atoms with E-state index < -0.39 is 5.60 Å². The lowest BCUT2D eigenvalue weighted by Crippen LogP contribution is -2.45. The maximum atomic E-state index is 12.2. The molecule has 1 heterocycles. The predicted molar refractivity (Wildman–Crippen MR) is 88.7 cm³/mol. The monoisotopic (exact) mass is 313 g/mol. The lowest BCUT2D eigenvalue weighted by molar-refractivity contribution is 0.0154. The van der Waals surface area contributed by atoms with Gasteiger partial charge in [-0.15, -0.1) is 0 Å². The molecule has 23 heavy (non-hydrogen) atoms. The molecule has 3 rings (SSSR count). The highest BCUT2D eigenvalue weighted by Gasteiger charge is 2.45. The SMILES string of the molecule is CC(C)(C)OC(=O)N1CCC2(CC1)Cc1ccccc1C2=C=O. The van der Waals surface area contributed by atoms with E-state index in [1.54, 1.807) is 4.90 Å². The van der Waals surface area contributed by atoms with E-state index in [2.05, 4.69) is 12.0 Å². The molecule has 1 aromatic rings. The lowest BCUT2D eigenvalue weighted by atomic mass is 9.73. The van der Waals surface area contributed by atoms with E-state index in [-0.39, 0.29) is 11.5 Å². The fourth-order valence-corrected chi connectivity index (χ4v) is 3.69. The summed E-state index contributed by atoms with van der Waals surface area (Å²) >= 11 is 0. The standard InChI is InChI=1S/C19H23NO3/c1-18(2,3)23-17(22)20-10-8-19(9-11-20)12-14-6-4-5-7-15(14)16(19)13-21/h4-7H,8-12H2,1-3H3. The smallest absolute Gasteiger partial charge is 0.410 e. The molecule has 0 bridgehead atoms. The minimum Gasteiger partial charge on any atom is -0.444 e. The molecule has 4 heteroatoms. The van der Waals surface area contributed by atoms with Crippen molar-refractivity contribution in [2.45, 2.75) is 45.6 Å². The van der Waals surface area contributed by atoms with Crippen LogP contribution in [0.15, 0.2) is 24.3 Å². The van der Waals surface area contributed by atoms with Gasteiger partial charge in [0.2, 0.25) is 0 Å². The number of carbonyl (C=O) groups is 1. The summed E-state index contributed by atoms with van der Waals surface area (Å²) in [5, 5.41) is 0. The van der Waals surface area contributed by atoms with E-state index in [0.717, 1.165) is 30.4 Å². The first-order valence-electron chi connectivity index (χ1n) is 8.16. The molecular formula is C19H23NO3. The number of benzene rings is 1. The van der Waals surface area contributed by atoms with Gasteiger partial charge in [-0.3, -0.25) is 0 Å². The summed E-state index contributed by atoms with van der Waals surface area (Å²) in [5.74, 6) is 2.19. The van der Waals surface area contributed by atoms with Crippen LogP contribution in [-0.4, -0.2) is 35.6 Å². The Balaban J connectivity index is 1.75. The summed E-state index contributed by atoms with van der Waals surface area (Å²) in [4.78, 5) is 25.5. The molecule has 0 aromatic heterocycles. The third kappa shape index (κ3) is 2.91. The van der Waals surface area contributed by atoms with E-state index in [9.17, 15) is 9.59 Å². The molecule has 0 saturated carbocycles. The highest BCUT2D eigenvalue weighted by atomic mass is 16.6. The van der Waals surface area contributed by atoms with Gasteiger partial charge in [-0.1, -0.05) is 24.3 Å². The van der Waals surface area contributed by atoms with Crippen molar-refractivity contribution in [1.29, 1.82) is 0 Å². The van der Waals surface area contributed by atoms with Gasteiger partial charge in [0.05, 0.1) is 5.57 Å². The summed E-state index contributed by atoms with van der Waals surface area (Å²) in [5.41, 5.74) is 2.40. The Morgan fingerprint density at radius 3 is 2.48 bits per heavy atom. The van der Waals surface area contributed by atoms with Gasteiger partial charge in [-0.2, -0.15) is 0 Å². The molecule has 0 N–H and O–H groups in total. The van der Waals surface area contributed by atoms with Gasteiger partial charge in [0.15, 0.2) is 0 Å². The molecule has 1 aromatic carbocycles. The molecule has 1 aliphatic heterocycles. The second-order valence-corrected chi connectivity index (χ2v) is 7.56. The van der Waals surface area contributed by atoms with Gasteiger partial charge >= 0.3 is 6.09 Å². The number of fused-ring (bicyclic) bond motifs is 1. The zero-order valence-corrected chi connectivity index (χ0v) is 14.0. The maximum absolute atomic E-state index is 12.2. The van der Waals surface area contributed by atoms with Gasteiger partial charge in [0.1, 0.15) is 11.5 Å². The van der Waals surface area contributed by atoms with Crippen molar-refractivity contribution in [2.24, 2.45) is 5.41 Å². The molecule has 122 valence electrons. The number of carbonyl (C=O) groups excluding carboxylic acids is 2. The largest absolute Gasteiger partial charge is 0.444 e. The van der Waals surface area contributed by atoms with Gasteiger partial charge in [0.25, 0.3) is 0 Å². The van der Waals surface area contributed by atoms with Crippen LogP contribution in [0.1, 0.15) is 44.7 Å². The van der Waals surface area contributed by atoms with Crippen molar-refractivity contribution in [3.8, 4) is 0 Å². The second kappa shape index (κ2) is 5.54. The summed E-state index contributed by atoms with van der Waals surface area (Å²) < 4.78 is 5.45. The second-order valence-electron chi connectivity index (χ2n) is 7.56. The van der Waals surface area contributed by atoms with Crippen LogP contribution in [0, 0.1) is 5.41 Å². The molecule has 0 atom stereocenters. The Bertz CT molecular complexity index is 672.